The average Bonchev–Trinajstić information content (AvgIpc) is 2.76. The second-order valence-corrected chi connectivity index (χ2v) is 9.49. The molecule has 2 aromatic carbocycles. The van der Waals surface area contributed by atoms with Crippen molar-refractivity contribution >= 4 is 23.3 Å². The number of rotatable bonds is 9. The SMILES string of the molecule is C=C(C)c1ccc(C(C)(C)NC(=O)OCCOC(=O)NC(C)(C)c2cccc(C(=C)C)c2)cc1. The maximum Gasteiger partial charge on any atom is 0.407 e. The Kier molecular flexibility index (Phi) is 8.68. The summed E-state index contributed by atoms with van der Waals surface area (Å²) >= 11 is 0. The minimum absolute atomic E-state index is 0.0600. The molecule has 0 fully saturated rings. The van der Waals surface area contributed by atoms with Gasteiger partial charge >= 0.3 is 12.2 Å². The van der Waals surface area contributed by atoms with Crippen LogP contribution in [0.2, 0.25) is 0 Å². The van der Waals surface area contributed by atoms with Crippen molar-refractivity contribution in [3.63, 3.8) is 0 Å². The van der Waals surface area contributed by atoms with Crippen LogP contribution in [0.15, 0.2) is 61.7 Å². The van der Waals surface area contributed by atoms with E-state index >= 15 is 0 Å². The molecule has 0 spiro atoms. The predicted molar refractivity (Wildman–Crippen MR) is 137 cm³/mol. The normalized spacial score (nSPS) is 11.4. The molecule has 0 bridgehead atoms. The Bertz CT molecular complexity index is 1050. The van der Waals surface area contributed by atoms with Gasteiger partial charge in [-0.15, -0.1) is 0 Å². The van der Waals surface area contributed by atoms with Gasteiger partial charge in [-0.05, 0) is 69.9 Å². The molecule has 2 N–H and O–H groups in total. The van der Waals surface area contributed by atoms with Gasteiger partial charge in [0.1, 0.15) is 13.2 Å². The average molecular weight is 465 g/mol. The minimum Gasteiger partial charge on any atom is -0.446 e. The van der Waals surface area contributed by atoms with Gasteiger partial charge in [0.2, 0.25) is 0 Å². The molecule has 0 saturated heterocycles. The van der Waals surface area contributed by atoms with Crippen LogP contribution in [0.4, 0.5) is 9.59 Å². The van der Waals surface area contributed by atoms with Crippen molar-refractivity contribution < 1.29 is 19.1 Å². The number of ether oxygens (including phenoxy) is 2. The second-order valence-electron chi connectivity index (χ2n) is 9.49. The number of hydrogen-bond acceptors (Lipinski definition) is 4. The highest BCUT2D eigenvalue weighted by molar-refractivity contribution is 5.70. The van der Waals surface area contributed by atoms with E-state index in [2.05, 4.69) is 23.8 Å². The van der Waals surface area contributed by atoms with Crippen LogP contribution < -0.4 is 10.6 Å². The third-order valence-corrected chi connectivity index (χ3v) is 5.56. The number of hydrogen-bond donors (Lipinski definition) is 2. The van der Waals surface area contributed by atoms with Crippen LogP contribution in [-0.2, 0) is 20.6 Å². The van der Waals surface area contributed by atoms with Gasteiger partial charge in [0.15, 0.2) is 0 Å². The van der Waals surface area contributed by atoms with Crippen LogP contribution in [0.25, 0.3) is 11.1 Å². The lowest BCUT2D eigenvalue weighted by atomic mass is 9.92. The van der Waals surface area contributed by atoms with Crippen LogP contribution in [0, 0.1) is 0 Å². The molecule has 6 heteroatoms. The van der Waals surface area contributed by atoms with Gasteiger partial charge in [0.25, 0.3) is 0 Å². The van der Waals surface area contributed by atoms with Gasteiger partial charge in [-0.25, -0.2) is 9.59 Å². The first-order valence-electron chi connectivity index (χ1n) is 11.2. The van der Waals surface area contributed by atoms with E-state index in [4.69, 9.17) is 9.47 Å². The Morgan fingerprint density at radius 3 is 1.68 bits per heavy atom. The molecule has 2 rings (SSSR count). The summed E-state index contributed by atoms with van der Waals surface area (Å²) in [4.78, 5) is 24.5. The molecular formula is C28H36N2O4. The second kappa shape index (κ2) is 11.1. The summed E-state index contributed by atoms with van der Waals surface area (Å²) in [5, 5.41) is 5.68. The van der Waals surface area contributed by atoms with Gasteiger partial charge in [-0.2, -0.15) is 0 Å². The zero-order valence-electron chi connectivity index (χ0n) is 21.1. The Morgan fingerprint density at radius 1 is 0.735 bits per heavy atom. The molecule has 0 aliphatic rings. The molecule has 0 aromatic heterocycles. The Morgan fingerprint density at radius 2 is 1.21 bits per heavy atom. The molecule has 0 radical (unpaired) electrons. The van der Waals surface area contributed by atoms with Crippen LogP contribution in [-0.4, -0.2) is 25.4 Å². The van der Waals surface area contributed by atoms with E-state index < -0.39 is 23.3 Å². The molecule has 2 aromatic rings. The zero-order valence-corrected chi connectivity index (χ0v) is 21.1. The fourth-order valence-corrected chi connectivity index (χ4v) is 3.34. The fraction of sp³-hybridized carbons (Fsp3) is 0.357. The molecule has 0 unspecified atom stereocenters. The molecule has 0 heterocycles. The van der Waals surface area contributed by atoms with E-state index in [9.17, 15) is 9.59 Å². The molecule has 2 amide bonds. The predicted octanol–water partition coefficient (Wildman–Crippen LogP) is 6.38. The van der Waals surface area contributed by atoms with E-state index in [1.165, 1.54) is 0 Å². The smallest absolute Gasteiger partial charge is 0.407 e. The third-order valence-electron chi connectivity index (χ3n) is 5.56. The van der Waals surface area contributed by atoms with Gasteiger partial charge in [-0.3, -0.25) is 0 Å². The lowest BCUT2D eigenvalue weighted by Crippen LogP contribution is -2.42. The van der Waals surface area contributed by atoms with E-state index in [0.717, 1.165) is 33.4 Å². The van der Waals surface area contributed by atoms with Gasteiger partial charge in [0.05, 0.1) is 11.1 Å². The Hall–Kier alpha value is -3.54. The molecule has 0 atom stereocenters. The van der Waals surface area contributed by atoms with Crippen LogP contribution in [0.1, 0.15) is 63.8 Å². The number of allylic oxidation sites excluding steroid dienone is 2. The number of carbonyl (C=O) groups excluding carboxylic acids is 2. The number of benzene rings is 2. The number of amides is 2. The summed E-state index contributed by atoms with van der Waals surface area (Å²) in [6, 6.07) is 15.7. The third kappa shape index (κ3) is 7.51. The maximum absolute atomic E-state index is 12.3. The maximum atomic E-state index is 12.3. The number of carbonyl (C=O) groups is 2. The largest absolute Gasteiger partial charge is 0.446 e. The Labute approximate surface area is 203 Å². The first kappa shape index (κ1) is 26.7. The number of alkyl carbamates (subject to hydrolysis) is 2. The van der Waals surface area contributed by atoms with Crippen LogP contribution in [0.3, 0.4) is 0 Å². The van der Waals surface area contributed by atoms with Crippen molar-refractivity contribution in [2.45, 2.75) is 52.6 Å². The lowest BCUT2D eigenvalue weighted by Gasteiger charge is -2.27. The number of nitrogens with one attached hydrogen (secondary N) is 2. The molecule has 6 nitrogen and oxygen atoms in total. The van der Waals surface area contributed by atoms with Crippen molar-refractivity contribution in [1.82, 2.24) is 10.6 Å². The highest BCUT2D eigenvalue weighted by Crippen LogP contribution is 2.24. The fourth-order valence-electron chi connectivity index (χ4n) is 3.34. The Balaban J connectivity index is 1.80. The van der Waals surface area contributed by atoms with Crippen molar-refractivity contribution in [3.05, 3.63) is 83.9 Å². The summed E-state index contributed by atoms with van der Waals surface area (Å²) in [6.45, 7) is 19.2. The van der Waals surface area contributed by atoms with Crippen LogP contribution >= 0.6 is 0 Å². The van der Waals surface area contributed by atoms with Crippen LogP contribution in [0.5, 0.6) is 0 Å². The molecule has 182 valence electrons. The standard InChI is InChI=1S/C28H36N2O4/c1-19(2)21-12-14-23(15-13-21)27(5,6)29-25(31)33-16-17-34-26(32)30-28(7,8)24-11-9-10-22(18-24)20(3)4/h9-15,18H,1,3,16-17H2,2,4-8H3,(H,29,31)(H,30,32). The highest BCUT2D eigenvalue weighted by atomic mass is 16.6. The molecular weight excluding hydrogens is 428 g/mol. The van der Waals surface area contributed by atoms with Gasteiger partial charge in [-0.1, -0.05) is 66.8 Å². The zero-order chi connectivity index (χ0) is 25.5. The molecule has 0 aliphatic heterocycles. The van der Waals surface area contributed by atoms with Crippen molar-refractivity contribution in [3.8, 4) is 0 Å². The summed E-state index contributed by atoms with van der Waals surface area (Å²) in [6.07, 6.45) is -1.18. The molecule has 0 saturated carbocycles. The van der Waals surface area contributed by atoms with E-state index in [0.29, 0.717) is 0 Å². The minimum atomic E-state index is -0.648. The molecule has 0 aliphatic carbocycles. The molecule has 34 heavy (non-hydrogen) atoms. The van der Waals surface area contributed by atoms with E-state index in [-0.39, 0.29) is 13.2 Å². The van der Waals surface area contributed by atoms with Gasteiger partial charge < -0.3 is 20.1 Å². The van der Waals surface area contributed by atoms with Gasteiger partial charge in [0, 0.05) is 0 Å². The van der Waals surface area contributed by atoms with Crippen molar-refractivity contribution in [1.29, 1.82) is 0 Å². The van der Waals surface area contributed by atoms with Crippen molar-refractivity contribution in [2.75, 3.05) is 13.2 Å². The summed E-state index contributed by atoms with van der Waals surface area (Å²) < 4.78 is 10.4. The monoisotopic (exact) mass is 464 g/mol. The van der Waals surface area contributed by atoms with E-state index in [1.807, 2.05) is 90.1 Å². The first-order chi connectivity index (χ1) is 15.8. The first-order valence-corrected chi connectivity index (χ1v) is 11.2. The summed E-state index contributed by atoms with van der Waals surface area (Å²) in [5.41, 5.74) is 4.56. The highest BCUT2D eigenvalue weighted by Gasteiger charge is 2.25. The van der Waals surface area contributed by atoms with Crippen molar-refractivity contribution in [2.24, 2.45) is 0 Å². The topological polar surface area (TPSA) is 76.7 Å². The summed E-state index contributed by atoms with van der Waals surface area (Å²) in [5.74, 6) is 0. The summed E-state index contributed by atoms with van der Waals surface area (Å²) in [7, 11) is 0. The quantitative estimate of drug-likeness (QED) is 0.423. The van der Waals surface area contributed by atoms with E-state index in [1.54, 1.807) is 0 Å². The lowest BCUT2D eigenvalue weighted by molar-refractivity contribution is 0.0874.